The Hall–Kier alpha value is -1.07. The van der Waals surface area contributed by atoms with Crippen LogP contribution in [0.15, 0.2) is 6.20 Å². The van der Waals surface area contributed by atoms with Gasteiger partial charge in [-0.25, -0.2) is 4.98 Å². The SMILES string of the molecule is CCOCCCn1cc(CC)nc1N1CCN[C@@H](C)C1. The first-order valence-electron chi connectivity index (χ1n) is 7.86. The highest BCUT2D eigenvalue weighted by atomic mass is 16.5. The number of rotatable bonds is 7. The van der Waals surface area contributed by atoms with Gasteiger partial charge in [0.15, 0.2) is 0 Å². The van der Waals surface area contributed by atoms with Gasteiger partial charge in [0.25, 0.3) is 0 Å². The lowest BCUT2D eigenvalue weighted by Crippen LogP contribution is -2.50. The average molecular weight is 280 g/mol. The van der Waals surface area contributed by atoms with E-state index in [0.717, 1.165) is 58.2 Å². The number of hydrogen-bond donors (Lipinski definition) is 1. The fraction of sp³-hybridized carbons (Fsp3) is 0.800. The number of nitrogens with one attached hydrogen (secondary N) is 1. The quantitative estimate of drug-likeness (QED) is 0.772. The van der Waals surface area contributed by atoms with Crippen LogP contribution in [0, 0.1) is 0 Å². The van der Waals surface area contributed by atoms with Crippen molar-refractivity contribution < 1.29 is 4.74 Å². The van der Waals surface area contributed by atoms with E-state index in [0.29, 0.717) is 6.04 Å². The molecule has 1 aliphatic heterocycles. The Morgan fingerprint density at radius 1 is 1.45 bits per heavy atom. The second-order valence-electron chi connectivity index (χ2n) is 5.43. The van der Waals surface area contributed by atoms with Crippen LogP contribution in [-0.2, 0) is 17.7 Å². The predicted octanol–water partition coefficient (Wildman–Crippen LogP) is 1.67. The first kappa shape index (κ1) is 15.3. The van der Waals surface area contributed by atoms with Gasteiger partial charge in [0, 0.05) is 51.6 Å². The summed E-state index contributed by atoms with van der Waals surface area (Å²) in [6.07, 6.45) is 4.24. The van der Waals surface area contributed by atoms with Crippen LogP contribution in [-0.4, -0.2) is 48.4 Å². The average Bonchev–Trinajstić information content (AvgIpc) is 2.87. The van der Waals surface area contributed by atoms with Gasteiger partial charge in [0.05, 0.1) is 5.69 Å². The summed E-state index contributed by atoms with van der Waals surface area (Å²) in [7, 11) is 0. The molecule has 1 aromatic heterocycles. The number of aryl methyl sites for hydroxylation is 2. The molecule has 2 heterocycles. The second-order valence-corrected chi connectivity index (χ2v) is 5.43. The maximum absolute atomic E-state index is 5.43. The Morgan fingerprint density at radius 3 is 3.00 bits per heavy atom. The van der Waals surface area contributed by atoms with Crippen LogP contribution in [0.25, 0.3) is 0 Å². The lowest BCUT2D eigenvalue weighted by atomic mass is 10.2. The Morgan fingerprint density at radius 2 is 2.30 bits per heavy atom. The van der Waals surface area contributed by atoms with Crippen LogP contribution in [0.4, 0.5) is 5.95 Å². The molecular weight excluding hydrogens is 252 g/mol. The molecule has 0 spiro atoms. The van der Waals surface area contributed by atoms with E-state index in [2.05, 4.69) is 34.8 Å². The molecule has 0 aliphatic carbocycles. The maximum Gasteiger partial charge on any atom is 0.205 e. The molecule has 1 aromatic rings. The minimum atomic E-state index is 0.530. The first-order chi connectivity index (χ1) is 9.74. The zero-order valence-electron chi connectivity index (χ0n) is 13.1. The molecule has 20 heavy (non-hydrogen) atoms. The summed E-state index contributed by atoms with van der Waals surface area (Å²) in [5.41, 5.74) is 1.18. The second kappa shape index (κ2) is 7.64. The molecule has 1 fully saturated rings. The molecule has 5 heteroatoms. The van der Waals surface area contributed by atoms with E-state index < -0.39 is 0 Å². The van der Waals surface area contributed by atoms with Crippen molar-refractivity contribution in [3.8, 4) is 0 Å². The Balaban J connectivity index is 2.03. The van der Waals surface area contributed by atoms with E-state index in [9.17, 15) is 0 Å². The van der Waals surface area contributed by atoms with E-state index in [1.54, 1.807) is 0 Å². The molecule has 1 saturated heterocycles. The van der Waals surface area contributed by atoms with Crippen LogP contribution in [0.1, 0.15) is 32.9 Å². The van der Waals surface area contributed by atoms with Crippen molar-refractivity contribution in [3.63, 3.8) is 0 Å². The smallest absolute Gasteiger partial charge is 0.205 e. The van der Waals surface area contributed by atoms with Crippen molar-refractivity contribution in [1.82, 2.24) is 14.9 Å². The molecule has 1 N–H and O–H groups in total. The standard InChI is InChI=1S/C15H28N4O/c1-4-14-12-18(8-6-10-20-5-2)15(17-14)19-9-7-16-13(3)11-19/h12-13,16H,4-11H2,1-3H3/t13-/m0/s1. The van der Waals surface area contributed by atoms with Gasteiger partial charge in [0.1, 0.15) is 0 Å². The van der Waals surface area contributed by atoms with Crippen LogP contribution >= 0.6 is 0 Å². The number of aromatic nitrogens is 2. The van der Waals surface area contributed by atoms with Gasteiger partial charge in [-0.15, -0.1) is 0 Å². The summed E-state index contributed by atoms with van der Waals surface area (Å²) in [6, 6.07) is 0.530. The van der Waals surface area contributed by atoms with E-state index in [1.807, 2.05) is 6.92 Å². The number of imidazole rings is 1. The highest BCUT2D eigenvalue weighted by Gasteiger charge is 2.20. The minimum Gasteiger partial charge on any atom is -0.382 e. The van der Waals surface area contributed by atoms with E-state index in [4.69, 9.17) is 9.72 Å². The first-order valence-corrected chi connectivity index (χ1v) is 7.86. The van der Waals surface area contributed by atoms with Gasteiger partial charge in [-0.2, -0.15) is 0 Å². The third-order valence-corrected chi connectivity index (χ3v) is 3.71. The normalized spacial score (nSPS) is 19.6. The molecule has 0 saturated carbocycles. The van der Waals surface area contributed by atoms with Crippen molar-refractivity contribution in [2.45, 2.75) is 46.2 Å². The highest BCUT2D eigenvalue weighted by Crippen LogP contribution is 2.17. The number of ether oxygens (including phenoxy) is 1. The molecular formula is C15H28N4O. The fourth-order valence-electron chi connectivity index (χ4n) is 2.64. The lowest BCUT2D eigenvalue weighted by molar-refractivity contribution is 0.141. The molecule has 1 atom stereocenters. The zero-order chi connectivity index (χ0) is 14.4. The van der Waals surface area contributed by atoms with E-state index in [1.165, 1.54) is 5.69 Å². The Bertz CT molecular complexity index is 405. The van der Waals surface area contributed by atoms with E-state index in [-0.39, 0.29) is 0 Å². The summed E-state index contributed by atoms with van der Waals surface area (Å²) in [5, 5.41) is 3.48. The number of piperazine rings is 1. The maximum atomic E-state index is 5.43. The molecule has 2 rings (SSSR count). The fourth-order valence-corrected chi connectivity index (χ4v) is 2.64. The van der Waals surface area contributed by atoms with Gasteiger partial charge in [-0.1, -0.05) is 6.92 Å². The molecule has 0 bridgehead atoms. The highest BCUT2D eigenvalue weighted by molar-refractivity contribution is 5.35. The van der Waals surface area contributed by atoms with Gasteiger partial charge in [-0.05, 0) is 26.7 Å². The molecule has 0 amide bonds. The number of nitrogens with zero attached hydrogens (tertiary/aromatic N) is 3. The van der Waals surface area contributed by atoms with Crippen molar-refractivity contribution in [2.24, 2.45) is 0 Å². The lowest BCUT2D eigenvalue weighted by Gasteiger charge is -2.33. The largest absolute Gasteiger partial charge is 0.382 e. The van der Waals surface area contributed by atoms with E-state index >= 15 is 0 Å². The van der Waals surface area contributed by atoms with Crippen molar-refractivity contribution in [1.29, 1.82) is 0 Å². The summed E-state index contributed by atoms with van der Waals surface area (Å²) in [4.78, 5) is 7.21. The Kier molecular flexibility index (Phi) is 5.86. The Labute approximate surface area is 122 Å². The van der Waals surface area contributed by atoms with Crippen molar-refractivity contribution in [3.05, 3.63) is 11.9 Å². The summed E-state index contributed by atoms with van der Waals surface area (Å²) >= 11 is 0. The molecule has 0 unspecified atom stereocenters. The number of anilines is 1. The molecule has 0 radical (unpaired) electrons. The summed E-state index contributed by atoms with van der Waals surface area (Å²) in [6.45, 7) is 12.2. The van der Waals surface area contributed by atoms with Crippen LogP contribution in [0.3, 0.4) is 0 Å². The number of hydrogen-bond acceptors (Lipinski definition) is 4. The van der Waals surface area contributed by atoms with Crippen molar-refractivity contribution >= 4 is 5.95 Å². The summed E-state index contributed by atoms with van der Waals surface area (Å²) in [5.74, 6) is 1.13. The van der Waals surface area contributed by atoms with Crippen LogP contribution < -0.4 is 10.2 Å². The van der Waals surface area contributed by atoms with Crippen LogP contribution in [0.5, 0.6) is 0 Å². The molecule has 114 valence electrons. The predicted molar refractivity (Wildman–Crippen MR) is 82.4 cm³/mol. The van der Waals surface area contributed by atoms with Crippen LogP contribution in [0.2, 0.25) is 0 Å². The topological polar surface area (TPSA) is 42.3 Å². The molecule has 0 aromatic carbocycles. The molecule has 5 nitrogen and oxygen atoms in total. The van der Waals surface area contributed by atoms with Gasteiger partial charge in [0.2, 0.25) is 5.95 Å². The third kappa shape index (κ3) is 3.96. The van der Waals surface area contributed by atoms with Crippen molar-refractivity contribution in [2.75, 3.05) is 37.7 Å². The summed E-state index contributed by atoms with van der Waals surface area (Å²) < 4.78 is 7.73. The monoisotopic (exact) mass is 280 g/mol. The zero-order valence-corrected chi connectivity index (χ0v) is 13.1. The van der Waals surface area contributed by atoms with Gasteiger partial charge >= 0.3 is 0 Å². The minimum absolute atomic E-state index is 0.530. The van der Waals surface area contributed by atoms with Gasteiger partial charge < -0.3 is 19.5 Å². The molecule has 1 aliphatic rings. The third-order valence-electron chi connectivity index (χ3n) is 3.71. The van der Waals surface area contributed by atoms with Gasteiger partial charge in [-0.3, -0.25) is 0 Å².